The third kappa shape index (κ3) is 1.70. The number of benzene rings is 1. The normalized spacial score (nSPS) is 29.9. The molecule has 1 aliphatic carbocycles. The minimum Gasteiger partial charge on any atom is -0.396 e. The maximum atomic E-state index is 9.19. The number of likely N-dealkylation sites (tertiary alicyclic amines) is 1. The van der Waals surface area contributed by atoms with E-state index in [-0.39, 0.29) is 0 Å². The highest BCUT2D eigenvalue weighted by Crippen LogP contribution is 2.51. The Hall–Kier alpha value is -1.39. The number of aryl methyl sites for hydroxylation is 1. The van der Waals surface area contributed by atoms with E-state index in [1.807, 2.05) is 6.07 Å². The molecule has 2 fully saturated rings. The van der Waals surface area contributed by atoms with Crippen molar-refractivity contribution in [1.29, 1.82) is 0 Å². The average molecular weight is 257 g/mol. The van der Waals surface area contributed by atoms with Crippen molar-refractivity contribution in [2.24, 2.45) is 24.8 Å². The zero-order valence-electron chi connectivity index (χ0n) is 11.2. The maximum Gasteiger partial charge on any atom is 0.123 e. The Bertz CT molecular complexity index is 609. The summed E-state index contributed by atoms with van der Waals surface area (Å²) in [7, 11) is 2.10. The molecule has 0 radical (unpaired) electrons. The fraction of sp³-hybridized carbons (Fsp3) is 0.533. The Balaban J connectivity index is 1.52. The van der Waals surface area contributed by atoms with Crippen LogP contribution < -0.4 is 0 Å². The predicted octanol–water partition coefficient (Wildman–Crippen LogP) is 1.24. The predicted molar refractivity (Wildman–Crippen MR) is 73.5 cm³/mol. The molecule has 1 saturated heterocycles. The molecule has 0 unspecified atom stereocenters. The lowest BCUT2D eigenvalue weighted by Crippen LogP contribution is -2.26. The van der Waals surface area contributed by atoms with Crippen LogP contribution in [0.3, 0.4) is 0 Å². The Morgan fingerprint density at radius 2 is 2.00 bits per heavy atom. The SMILES string of the molecule is Cn1c(CN2C[C@@H]3[C@H](CO)[C@@H]3C2)nc2ccccc21. The molecule has 0 spiro atoms. The summed E-state index contributed by atoms with van der Waals surface area (Å²) in [5.41, 5.74) is 2.28. The second-order valence-corrected chi connectivity index (χ2v) is 5.94. The number of hydrogen-bond donors (Lipinski definition) is 1. The van der Waals surface area contributed by atoms with E-state index in [1.54, 1.807) is 0 Å². The van der Waals surface area contributed by atoms with Gasteiger partial charge in [0, 0.05) is 26.7 Å². The number of rotatable bonds is 3. The van der Waals surface area contributed by atoms with Crippen molar-refractivity contribution < 1.29 is 5.11 Å². The summed E-state index contributed by atoms with van der Waals surface area (Å²) in [6, 6.07) is 8.29. The fourth-order valence-electron chi connectivity index (χ4n) is 3.67. The summed E-state index contributed by atoms with van der Waals surface area (Å²) in [6.07, 6.45) is 0. The van der Waals surface area contributed by atoms with Crippen molar-refractivity contribution in [1.82, 2.24) is 14.5 Å². The lowest BCUT2D eigenvalue weighted by molar-refractivity contribution is 0.214. The number of nitrogens with zero attached hydrogens (tertiary/aromatic N) is 3. The first kappa shape index (κ1) is 11.4. The van der Waals surface area contributed by atoms with Gasteiger partial charge in [-0.2, -0.15) is 0 Å². The summed E-state index contributed by atoms with van der Waals surface area (Å²) in [6.45, 7) is 3.55. The van der Waals surface area contributed by atoms with E-state index in [0.29, 0.717) is 12.5 Å². The zero-order valence-corrected chi connectivity index (χ0v) is 11.2. The van der Waals surface area contributed by atoms with Crippen molar-refractivity contribution in [3.05, 3.63) is 30.1 Å². The first-order valence-corrected chi connectivity index (χ1v) is 7.01. The molecule has 2 heterocycles. The first-order chi connectivity index (χ1) is 9.28. The molecule has 100 valence electrons. The molecule has 1 aliphatic heterocycles. The number of para-hydroxylation sites is 2. The van der Waals surface area contributed by atoms with Crippen LogP contribution in [0.5, 0.6) is 0 Å². The van der Waals surface area contributed by atoms with Gasteiger partial charge in [-0.1, -0.05) is 12.1 Å². The summed E-state index contributed by atoms with van der Waals surface area (Å²) in [5, 5.41) is 9.19. The number of aliphatic hydroxyl groups excluding tert-OH is 1. The van der Waals surface area contributed by atoms with Gasteiger partial charge in [0.1, 0.15) is 5.82 Å². The molecule has 3 atom stereocenters. The second-order valence-electron chi connectivity index (χ2n) is 5.94. The van der Waals surface area contributed by atoms with Crippen molar-refractivity contribution in [3.63, 3.8) is 0 Å². The van der Waals surface area contributed by atoms with Gasteiger partial charge in [0.15, 0.2) is 0 Å². The van der Waals surface area contributed by atoms with Crippen molar-refractivity contribution in [2.45, 2.75) is 6.54 Å². The van der Waals surface area contributed by atoms with Crippen LogP contribution in [-0.4, -0.2) is 39.3 Å². The zero-order chi connectivity index (χ0) is 13.0. The van der Waals surface area contributed by atoms with Crippen LogP contribution in [-0.2, 0) is 13.6 Å². The van der Waals surface area contributed by atoms with Crippen molar-refractivity contribution in [3.8, 4) is 0 Å². The van der Waals surface area contributed by atoms with Crippen LogP contribution in [0.1, 0.15) is 5.82 Å². The lowest BCUT2D eigenvalue weighted by Gasteiger charge is -2.18. The average Bonchev–Trinajstić information content (AvgIpc) is 2.77. The van der Waals surface area contributed by atoms with E-state index >= 15 is 0 Å². The van der Waals surface area contributed by atoms with Crippen LogP contribution in [0.2, 0.25) is 0 Å². The highest BCUT2D eigenvalue weighted by atomic mass is 16.3. The molecule has 0 bridgehead atoms. The van der Waals surface area contributed by atoms with Crippen LogP contribution in [0.4, 0.5) is 0 Å². The molecule has 4 heteroatoms. The van der Waals surface area contributed by atoms with Gasteiger partial charge < -0.3 is 9.67 Å². The molecule has 1 aromatic carbocycles. The number of fused-ring (bicyclic) bond motifs is 2. The standard InChI is InChI=1S/C15H19N3O/c1-17-14-5-3-2-4-13(14)16-15(17)8-18-6-10-11(7-18)12(10)9-19/h2-5,10-12,19H,6-9H2,1H3/t10-,11+,12-. The second kappa shape index (κ2) is 4.05. The van der Waals surface area contributed by atoms with Crippen molar-refractivity contribution >= 4 is 11.0 Å². The van der Waals surface area contributed by atoms with Crippen LogP contribution in [0.15, 0.2) is 24.3 Å². The summed E-state index contributed by atoms with van der Waals surface area (Å²) in [5.74, 6) is 3.19. The molecule has 4 rings (SSSR count). The van der Waals surface area contributed by atoms with E-state index in [4.69, 9.17) is 4.98 Å². The van der Waals surface area contributed by atoms with Crippen LogP contribution >= 0.6 is 0 Å². The molecular formula is C15H19N3O. The van der Waals surface area contributed by atoms with Gasteiger partial charge in [0.05, 0.1) is 17.6 Å². The van der Waals surface area contributed by atoms with Gasteiger partial charge in [-0.05, 0) is 29.9 Å². The molecule has 1 saturated carbocycles. The quantitative estimate of drug-likeness (QED) is 0.899. The smallest absolute Gasteiger partial charge is 0.123 e. The third-order valence-electron chi connectivity index (χ3n) is 4.90. The number of imidazole rings is 1. The molecule has 4 nitrogen and oxygen atoms in total. The highest BCUT2D eigenvalue weighted by Gasteiger charge is 2.54. The summed E-state index contributed by atoms with van der Waals surface area (Å²) in [4.78, 5) is 7.20. The Morgan fingerprint density at radius 3 is 2.68 bits per heavy atom. The maximum absolute atomic E-state index is 9.19. The van der Waals surface area contributed by atoms with Gasteiger partial charge in [0.2, 0.25) is 0 Å². The number of hydrogen-bond acceptors (Lipinski definition) is 3. The van der Waals surface area contributed by atoms with Gasteiger partial charge in [-0.3, -0.25) is 4.90 Å². The number of aliphatic hydroxyl groups is 1. The lowest BCUT2D eigenvalue weighted by atomic mass is 10.3. The highest BCUT2D eigenvalue weighted by molar-refractivity contribution is 5.75. The third-order valence-corrected chi connectivity index (χ3v) is 4.90. The fourth-order valence-corrected chi connectivity index (χ4v) is 3.67. The Kier molecular flexibility index (Phi) is 2.44. The molecular weight excluding hydrogens is 238 g/mol. The van der Waals surface area contributed by atoms with E-state index in [2.05, 4.69) is 34.7 Å². The largest absolute Gasteiger partial charge is 0.396 e. The van der Waals surface area contributed by atoms with E-state index < -0.39 is 0 Å². The van der Waals surface area contributed by atoms with E-state index in [0.717, 1.165) is 42.8 Å². The Morgan fingerprint density at radius 1 is 1.26 bits per heavy atom. The monoisotopic (exact) mass is 257 g/mol. The molecule has 2 aliphatic rings. The van der Waals surface area contributed by atoms with Gasteiger partial charge in [-0.15, -0.1) is 0 Å². The molecule has 19 heavy (non-hydrogen) atoms. The first-order valence-electron chi connectivity index (χ1n) is 7.01. The minimum atomic E-state index is 0.370. The van der Waals surface area contributed by atoms with E-state index in [9.17, 15) is 5.11 Å². The minimum absolute atomic E-state index is 0.370. The molecule has 1 aromatic heterocycles. The summed E-state index contributed by atoms with van der Waals surface area (Å²) < 4.78 is 2.20. The van der Waals surface area contributed by atoms with Gasteiger partial charge in [-0.25, -0.2) is 4.98 Å². The van der Waals surface area contributed by atoms with Gasteiger partial charge >= 0.3 is 0 Å². The number of aromatic nitrogens is 2. The molecule has 0 amide bonds. The van der Waals surface area contributed by atoms with Crippen molar-refractivity contribution in [2.75, 3.05) is 19.7 Å². The molecule has 2 aromatic rings. The summed E-state index contributed by atoms with van der Waals surface area (Å²) >= 11 is 0. The Labute approximate surface area is 112 Å². The topological polar surface area (TPSA) is 41.3 Å². The number of piperidine rings is 1. The van der Waals surface area contributed by atoms with E-state index in [1.165, 1.54) is 5.52 Å². The van der Waals surface area contributed by atoms with Crippen LogP contribution in [0.25, 0.3) is 11.0 Å². The van der Waals surface area contributed by atoms with Crippen LogP contribution in [0, 0.1) is 17.8 Å². The molecule has 1 N–H and O–H groups in total. The van der Waals surface area contributed by atoms with Gasteiger partial charge in [0.25, 0.3) is 0 Å².